The number of aliphatic imine (C=N–C) groups is 1. The molecule has 0 aromatic heterocycles. The summed E-state index contributed by atoms with van der Waals surface area (Å²) in [5.41, 5.74) is 2.48. The summed E-state index contributed by atoms with van der Waals surface area (Å²) in [5.74, 6) is 1.56. The van der Waals surface area contributed by atoms with Crippen molar-refractivity contribution in [3.63, 3.8) is 0 Å². The number of nitrogens with zero attached hydrogens (tertiary/aromatic N) is 1. The fourth-order valence-corrected chi connectivity index (χ4v) is 2.30. The lowest BCUT2D eigenvalue weighted by atomic mass is 10.0. The van der Waals surface area contributed by atoms with Crippen molar-refractivity contribution >= 4 is 29.9 Å². The molecule has 1 rings (SSSR count). The lowest BCUT2D eigenvalue weighted by molar-refractivity contribution is 0.133. The maximum absolute atomic E-state index is 5.53. The summed E-state index contributed by atoms with van der Waals surface area (Å²) >= 11 is 0. The second kappa shape index (κ2) is 13.6. The van der Waals surface area contributed by atoms with Gasteiger partial charge in [-0.15, -0.1) is 24.0 Å². The molecule has 0 amide bonds. The molecule has 0 saturated carbocycles. The van der Waals surface area contributed by atoms with Crippen LogP contribution in [0, 0.1) is 5.92 Å². The second-order valence-electron chi connectivity index (χ2n) is 5.40. The number of ether oxygens (including phenoxy) is 1. The minimum Gasteiger partial charge on any atom is -0.377 e. The van der Waals surface area contributed by atoms with Crippen LogP contribution in [0.5, 0.6) is 0 Å². The summed E-state index contributed by atoms with van der Waals surface area (Å²) in [5, 5.41) is 6.80. The first kappa shape index (κ1) is 22.2. The number of guanidine groups is 1. The molecular weight excluding hydrogens is 401 g/mol. The van der Waals surface area contributed by atoms with Crippen LogP contribution in [0.25, 0.3) is 0 Å². The van der Waals surface area contributed by atoms with E-state index in [4.69, 9.17) is 4.74 Å². The van der Waals surface area contributed by atoms with Crippen LogP contribution in [0.4, 0.5) is 0 Å². The summed E-state index contributed by atoms with van der Waals surface area (Å²) in [6.45, 7) is 9.60. The van der Waals surface area contributed by atoms with Crippen molar-refractivity contribution in [3.8, 4) is 0 Å². The van der Waals surface area contributed by atoms with E-state index < -0.39 is 0 Å². The monoisotopic (exact) mass is 433 g/mol. The van der Waals surface area contributed by atoms with Gasteiger partial charge < -0.3 is 15.4 Å². The van der Waals surface area contributed by atoms with E-state index in [9.17, 15) is 0 Å². The molecule has 0 saturated heterocycles. The van der Waals surface area contributed by atoms with E-state index in [2.05, 4.69) is 53.7 Å². The highest BCUT2D eigenvalue weighted by molar-refractivity contribution is 14.0. The van der Waals surface area contributed by atoms with Crippen LogP contribution in [0.15, 0.2) is 29.3 Å². The molecule has 2 N–H and O–H groups in total. The first-order chi connectivity index (χ1) is 10.7. The van der Waals surface area contributed by atoms with E-state index in [1.54, 1.807) is 0 Å². The van der Waals surface area contributed by atoms with Gasteiger partial charge in [-0.3, -0.25) is 4.99 Å². The Bertz CT molecular complexity index is 448. The lowest BCUT2D eigenvalue weighted by Gasteiger charge is -2.17. The SMILES string of the molecule is CCOCc1ccccc1CNC(=NC)NCC(CC)CC.I. The van der Waals surface area contributed by atoms with E-state index in [1.165, 1.54) is 24.0 Å². The molecular formula is C18H32IN3O. The Morgan fingerprint density at radius 2 is 1.74 bits per heavy atom. The Kier molecular flexibility index (Phi) is 13.1. The average Bonchev–Trinajstić information content (AvgIpc) is 2.57. The number of rotatable bonds is 9. The average molecular weight is 433 g/mol. The second-order valence-corrected chi connectivity index (χ2v) is 5.40. The van der Waals surface area contributed by atoms with Crippen LogP contribution in [-0.2, 0) is 17.9 Å². The molecule has 0 heterocycles. The van der Waals surface area contributed by atoms with Gasteiger partial charge in [0.25, 0.3) is 0 Å². The molecule has 0 fully saturated rings. The zero-order chi connectivity index (χ0) is 16.2. The largest absolute Gasteiger partial charge is 0.377 e. The maximum atomic E-state index is 5.53. The van der Waals surface area contributed by atoms with Crippen molar-refractivity contribution in [3.05, 3.63) is 35.4 Å². The Labute approximate surface area is 158 Å². The molecule has 0 aliphatic heterocycles. The van der Waals surface area contributed by atoms with Crippen LogP contribution in [0.1, 0.15) is 44.7 Å². The molecule has 4 nitrogen and oxygen atoms in total. The fraction of sp³-hybridized carbons (Fsp3) is 0.611. The molecule has 1 aromatic rings. The standard InChI is InChI=1S/C18H31N3O.HI/c1-5-15(6-2)12-20-18(19-4)21-13-16-10-8-9-11-17(16)14-22-7-3;/h8-11,15H,5-7,12-14H2,1-4H3,(H2,19,20,21);1H. The number of benzene rings is 1. The normalized spacial score (nSPS) is 11.3. The topological polar surface area (TPSA) is 45.6 Å². The predicted molar refractivity (Wildman–Crippen MR) is 109 cm³/mol. The third kappa shape index (κ3) is 8.55. The van der Waals surface area contributed by atoms with E-state index in [-0.39, 0.29) is 24.0 Å². The Morgan fingerprint density at radius 1 is 1.09 bits per heavy atom. The zero-order valence-corrected chi connectivity index (χ0v) is 17.2. The highest BCUT2D eigenvalue weighted by atomic mass is 127. The van der Waals surface area contributed by atoms with E-state index >= 15 is 0 Å². The summed E-state index contributed by atoms with van der Waals surface area (Å²) in [6.07, 6.45) is 2.38. The predicted octanol–water partition coefficient (Wildman–Crippen LogP) is 3.94. The first-order valence-corrected chi connectivity index (χ1v) is 8.34. The quantitative estimate of drug-likeness (QED) is 0.352. The third-order valence-corrected chi connectivity index (χ3v) is 3.96. The number of nitrogens with one attached hydrogen (secondary N) is 2. The highest BCUT2D eigenvalue weighted by Crippen LogP contribution is 2.10. The van der Waals surface area contributed by atoms with Crippen molar-refractivity contribution in [1.82, 2.24) is 10.6 Å². The highest BCUT2D eigenvalue weighted by Gasteiger charge is 2.06. The van der Waals surface area contributed by atoms with Gasteiger partial charge in [0, 0.05) is 26.7 Å². The van der Waals surface area contributed by atoms with Gasteiger partial charge in [-0.1, -0.05) is 51.0 Å². The minimum atomic E-state index is 0. The molecule has 5 heteroatoms. The van der Waals surface area contributed by atoms with Crippen LogP contribution in [0.2, 0.25) is 0 Å². The molecule has 0 aliphatic rings. The van der Waals surface area contributed by atoms with Gasteiger partial charge in [-0.2, -0.15) is 0 Å². The van der Waals surface area contributed by atoms with Gasteiger partial charge in [0.2, 0.25) is 0 Å². The summed E-state index contributed by atoms with van der Waals surface area (Å²) in [6, 6.07) is 8.37. The summed E-state index contributed by atoms with van der Waals surface area (Å²) in [4.78, 5) is 4.30. The van der Waals surface area contributed by atoms with Crippen molar-refractivity contribution < 1.29 is 4.74 Å². The van der Waals surface area contributed by atoms with Gasteiger partial charge in [-0.05, 0) is 24.0 Å². The van der Waals surface area contributed by atoms with Crippen molar-refractivity contribution in [1.29, 1.82) is 0 Å². The van der Waals surface area contributed by atoms with Gasteiger partial charge in [0.05, 0.1) is 6.61 Å². The van der Waals surface area contributed by atoms with Crippen molar-refractivity contribution in [2.24, 2.45) is 10.9 Å². The molecule has 0 aliphatic carbocycles. The summed E-state index contributed by atoms with van der Waals surface area (Å²) in [7, 11) is 1.81. The molecule has 23 heavy (non-hydrogen) atoms. The van der Waals surface area contributed by atoms with Crippen molar-refractivity contribution in [2.75, 3.05) is 20.2 Å². The zero-order valence-electron chi connectivity index (χ0n) is 14.9. The van der Waals surface area contributed by atoms with Crippen LogP contribution >= 0.6 is 24.0 Å². The molecule has 0 unspecified atom stereocenters. The Balaban J connectivity index is 0.00000484. The Hall–Kier alpha value is -0.820. The number of hydrogen-bond acceptors (Lipinski definition) is 2. The molecule has 0 radical (unpaired) electrons. The summed E-state index contributed by atoms with van der Waals surface area (Å²) < 4.78 is 5.53. The fourth-order valence-electron chi connectivity index (χ4n) is 2.30. The van der Waals surface area contributed by atoms with Crippen LogP contribution < -0.4 is 10.6 Å². The smallest absolute Gasteiger partial charge is 0.191 e. The van der Waals surface area contributed by atoms with E-state index in [0.717, 1.165) is 25.7 Å². The van der Waals surface area contributed by atoms with Crippen LogP contribution in [-0.4, -0.2) is 26.2 Å². The molecule has 0 bridgehead atoms. The van der Waals surface area contributed by atoms with Crippen LogP contribution in [0.3, 0.4) is 0 Å². The Morgan fingerprint density at radius 3 is 2.30 bits per heavy atom. The number of halogens is 1. The lowest BCUT2D eigenvalue weighted by Crippen LogP contribution is -2.39. The molecule has 132 valence electrons. The molecule has 0 spiro atoms. The molecule has 1 aromatic carbocycles. The van der Waals surface area contributed by atoms with E-state index in [1.807, 2.05) is 14.0 Å². The number of hydrogen-bond donors (Lipinski definition) is 2. The van der Waals surface area contributed by atoms with Crippen molar-refractivity contribution in [2.45, 2.75) is 46.8 Å². The third-order valence-electron chi connectivity index (χ3n) is 3.96. The van der Waals surface area contributed by atoms with Gasteiger partial charge in [0.15, 0.2) is 5.96 Å². The van der Waals surface area contributed by atoms with Gasteiger partial charge in [0.1, 0.15) is 0 Å². The maximum Gasteiger partial charge on any atom is 0.191 e. The van der Waals surface area contributed by atoms with Gasteiger partial charge >= 0.3 is 0 Å². The van der Waals surface area contributed by atoms with Gasteiger partial charge in [-0.25, -0.2) is 0 Å². The minimum absolute atomic E-state index is 0. The molecule has 0 atom stereocenters. The first-order valence-electron chi connectivity index (χ1n) is 8.34. The van der Waals surface area contributed by atoms with E-state index in [0.29, 0.717) is 12.5 Å².